The third-order valence-corrected chi connectivity index (χ3v) is 3.36. The van der Waals surface area contributed by atoms with E-state index in [2.05, 4.69) is 17.2 Å². The van der Waals surface area contributed by atoms with Gasteiger partial charge in [0, 0.05) is 11.3 Å². The molecule has 0 atom stereocenters. The SMILES string of the molecule is CCCCCC(=O)Nc1nc(Cl)c(C)s1. The maximum Gasteiger partial charge on any atom is 0.226 e. The van der Waals surface area contributed by atoms with Crippen molar-refractivity contribution >= 4 is 34.0 Å². The molecule has 0 radical (unpaired) electrons. The Bertz CT molecular complexity index is 319. The summed E-state index contributed by atoms with van der Waals surface area (Å²) >= 11 is 7.19. The van der Waals surface area contributed by atoms with E-state index in [4.69, 9.17) is 11.6 Å². The van der Waals surface area contributed by atoms with Crippen LogP contribution in [-0.2, 0) is 4.79 Å². The molecule has 15 heavy (non-hydrogen) atoms. The second-order valence-corrected chi connectivity index (χ2v) is 4.93. The van der Waals surface area contributed by atoms with Crippen LogP contribution < -0.4 is 5.32 Å². The van der Waals surface area contributed by atoms with E-state index in [1.807, 2.05) is 6.92 Å². The van der Waals surface area contributed by atoms with E-state index in [9.17, 15) is 4.79 Å². The van der Waals surface area contributed by atoms with Gasteiger partial charge in [-0.2, -0.15) is 0 Å². The number of amides is 1. The molecule has 1 aromatic heterocycles. The van der Waals surface area contributed by atoms with Gasteiger partial charge < -0.3 is 5.32 Å². The number of anilines is 1. The Kier molecular flexibility index (Phi) is 5.05. The minimum absolute atomic E-state index is 0.0221. The van der Waals surface area contributed by atoms with Crippen molar-refractivity contribution in [3.8, 4) is 0 Å². The highest BCUT2D eigenvalue weighted by Gasteiger charge is 2.08. The highest BCUT2D eigenvalue weighted by molar-refractivity contribution is 7.16. The summed E-state index contributed by atoms with van der Waals surface area (Å²) in [5.41, 5.74) is 0. The maximum absolute atomic E-state index is 11.4. The van der Waals surface area contributed by atoms with Gasteiger partial charge in [-0.05, 0) is 13.3 Å². The third-order valence-electron chi connectivity index (χ3n) is 1.99. The second-order valence-electron chi connectivity index (χ2n) is 3.37. The molecule has 0 aliphatic heterocycles. The lowest BCUT2D eigenvalue weighted by Gasteiger charge is -1.99. The first-order valence-corrected chi connectivity index (χ1v) is 6.25. The summed E-state index contributed by atoms with van der Waals surface area (Å²) in [6, 6.07) is 0. The number of unbranched alkanes of at least 4 members (excludes halogenated alkanes) is 2. The topological polar surface area (TPSA) is 42.0 Å². The van der Waals surface area contributed by atoms with Crippen LogP contribution in [0, 0.1) is 6.92 Å². The van der Waals surface area contributed by atoms with Gasteiger partial charge in [-0.15, -0.1) is 11.3 Å². The number of nitrogens with zero attached hydrogens (tertiary/aromatic N) is 1. The van der Waals surface area contributed by atoms with Crippen molar-refractivity contribution in [2.24, 2.45) is 0 Å². The number of carbonyl (C=O) groups is 1. The molecule has 0 bridgehead atoms. The minimum atomic E-state index is 0.0221. The van der Waals surface area contributed by atoms with E-state index in [0.29, 0.717) is 16.7 Å². The summed E-state index contributed by atoms with van der Waals surface area (Å²) in [6.07, 6.45) is 3.70. The third kappa shape index (κ3) is 4.18. The first kappa shape index (κ1) is 12.5. The number of nitrogens with one attached hydrogen (secondary N) is 1. The number of hydrogen-bond acceptors (Lipinski definition) is 3. The highest BCUT2D eigenvalue weighted by Crippen LogP contribution is 2.25. The molecule has 0 aromatic carbocycles. The Morgan fingerprint density at radius 2 is 2.27 bits per heavy atom. The van der Waals surface area contributed by atoms with Gasteiger partial charge in [-0.25, -0.2) is 4.98 Å². The van der Waals surface area contributed by atoms with Gasteiger partial charge in [0.1, 0.15) is 5.15 Å². The van der Waals surface area contributed by atoms with Gasteiger partial charge in [0.25, 0.3) is 0 Å². The summed E-state index contributed by atoms with van der Waals surface area (Å²) in [6.45, 7) is 3.99. The molecule has 1 aromatic rings. The van der Waals surface area contributed by atoms with Crippen LogP contribution in [0.5, 0.6) is 0 Å². The zero-order valence-electron chi connectivity index (χ0n) is 8.97. The lowest BCUT2D eigenvalue weighted by atomic mass is 10.2. The van der Waals surface area contributed by atoms with Crippen LogP contribution in [-0.4, -0.2) is 10.9 Å². The molecule has 0 aliphatic carbocycles. The largest absolute Gasteiger partial charge is 0.302 e. The number of halogens is 1. The average Bonchev–Trinajstić information content (AvgIpc) is 2.46. The molecule has 1 amide bonds. The summed E-state index contributed by atoms with van der Waals surface area (Å²) in [5, 5.41) is 3.82. The van der Waals surface area contributed by atoms with Crippen LogP contribution in [0.25, 0.3) is 0 Å². The fourth-order valence-electron chi connectivity index (χ4n) is 1.15. The van der Waals surface area contributed by atoms with E-state index < -0.39 is 0 Å². The summed E-state index contributed by atoms with van der Waals surface area (Å²) in [7, 11) is 0. The smallest absolute Gasteiger partial charge is 0.226 e. The lowest BCUT2D eigenvalue weighted by Crippen LogP contribution is -2.10. The van der Waals surface area contributed by atoms with Gasteiger partial charge in [0.2, 0.25) is 5.91 Å². The monoisotopic (exact) mass is 246 g/mol. The first-order chi connectivity index (χ1) is 7.13. The quantitative estimate of drug-likeness (QED) is 0.807. The number of carbonyl (C=O) groups excluding carboxylic acids is 1. The maximum atomic E-state index is 11.4. The van der Waals surface area contributed by atoms with Crippen LogP contribution in [0.3, 0.4) is 0 Å². The van der Waals surface area contributed by atoms with Crippen molar-refractivity contribution in [2.45, 2.75) is 39.5 Å². The van der Waals surface area contributed by atoms with E-state index in [1.165, 1.54) is 11.3 Å². The molecule has 0 saturated heterocycles. The number of aryl methyl sites for hydroxylation is 1. The van der Waals surface area contributed by atoms with E-state index >= 15 is 0 Å². The normalized spacial score (nSPS) is 10.3. The standard InChI is InChI=1S/C10H15ClN2OS/c1-3-4-5-6-8(14)12-10-13-9(11)7(2)15-10/h3-6H2,1-2H3,(H,12,13,14). The van der Waals surface area contributed by atoms with Crippen molar-refractivity contribution < 1.29 is 4.79 Å². The van der Waals surface area contributed by atoms with Crippen molar-refractivity contribution in [3.05, 3.63) is 10.0 Å². The van der Waals surface area contributed by atoms with Crippen molar-refractivity contribution in [2.75, 3.05) is 5.32 Å². The minimum Gasteiger partial charge on any atom is -0.302 e. The van der Waals surface area contributed by atoms with Crippen molar-refractivity contribution in [1.29, 1.82) is 0 Å². The van der Waals surface area contributed by atoms with Gasteiger partial charge >= 0.3 is 0 Å². The summed E-state index contributed by atoms with van der Waals surface area (Å²) in [4.78, 5) is 16.4. The zero-order valence-corrected chi connectivity index (χ0v) is 10.5. The molecule has 1 N–H and O–H groups in total. The predicted octanol–water partition coefficient (Wildman–Crippen LogP) is 3.62. The Hall–Kier alpha value is -0.610. The molecule has 1 heterocycles. The van der Waals surface area contributed by atoms with Crippen LogP contribution in [0.4, 0.5) is 5.13 Å². The second kappa shape index (κ2) is 6.08. The van der Waals surface area contributed by atoms with E-state index in [0.717, 1.165) is 24.1 Å². The number of aromatic nitrogens is 1. The molecule has 84 valence electrons. The van der Waals surface area contributed by atoms with E-state index in [-0.39, 0.29) is 5.91 Å². The van der Waals surface area contributed by atoms with Gasteiger partial charge in [-0.1, -0.05) is 31.4 Å². The van der Waals surface area contributed by atoms with Crippen molar-refractivity contribution in [1.82, 2.24) is 4.98 Å². The molecule has 0 fully saturated rings. The van der Waals surface area contributed by atoms with E-state index in [1.54, 1.807) is 0 Å². The predicted molar refractivity (Wildman–Crippen MR) is 64.6 cm³/mol. The molecular weight excluding hydrogens is 232 g/mol. The number of thiazole rings is 1. The average molecular weight is 247 g/mol. The Balaban J connectivity index is 2.37. The van der Waals surface area contributed by atoms with Crippen LogP contribution in [0.15, 0.2) is 0 Å². The number of hydrogen-bond donors (Lipinski definition) is 1. The molecule has 0 aliphatic rings. The molecule has 0 spiro atoms. The van der Waals surface area contributed by atoms with Crippen molar-refractivity contribution in [3.63, 3.8) is 0 Å². The molecule has 3 nitrogen and oxygen atoms in total. The van der Waals surface area contributed by atoms with Crippen LogP contribution in [0.2, 0.25) is 5.15 Å². The summed E-state index contributed by atoms with van der Waals surface area (Å²) in [5.74, 6) is 0.0221. The van der Waals surface area contributed by atoms with Gasteiger partial charge in [-0.3, -0.25) is 4.79 Å². The summed E-state index contributed by atoms with van der Waals surface area (Å²) < 4.78 is 0. The van der Waals surface area contributed by atoms with Crippen LogP contribution >= 0.6 is 22.9 Å². The van der Waals surface area contributed by atoms with Gasteiger partial charge in [0.15, 0.2) is 5.13 Å². The first-order valence-electron chi connectivity index (χ1n) is 5.06. The highest BCUT2D eigenvalue weighted by atomic mass is 35.5. The van der Waals surface area contributed by atoms with Crippen LogP contribution in [0.1, 0.15) is 37.5 Å². The Morgan fingerprint density at radius 1 is 1.53 bits per heavy atom. The molecule has 0 saturated carbocycles. The molecule has 0 unspecified atom stereocenters. The molecule has 1 rings (SSSR count). The molecule has 5 heteroatoms. The lowest BCUT2D eigenvalue weighted by molar-refractivity contribution is -0.116. The molecular formula is C10H15ClN2OS. The number of rotatable bonds is 5. The Morgan fingerprint density at radius 3 is 2.80 bits per heavy atom. The zero-order chi connectivity index (χ0) is 11.3. The fraction of sp³-hybridized carbons (Fsp3) is 0.600. The van der Waals surface area contributed by atoms with Gasteiger partial charge in [0.05, 0.1) is 0 Å². The Labute approximate surface area is 98.9 Å². The fourth-order valence-corrected chi connectivity index (χ4v) is 2.12.